The average molecular weight is 344 g/mol. The highest BCUT2D eigenvalue weighted by molar-refractivity contribution is 6.05. The molecule has 0 bridgehead atoms. The van der Waals surface area contributed by atoms with Gasteiger partial charge in [-0.3, -0.25) is 9.48 Å². The molecule has 6 heteroatoms. The fraction of sp³-hybridized carbons (Fsp3) is 0.474. The fourth-order valence-electron chi connectivity index (χ4n) is 3.30. The minimum absolute atomic E-state index is 0.214. The van der Waals surface area contributed by atoms with Crippen LogP contribution < -0.4 is 10.6 Å². The van der Waals surface area contributed by atoms with E-state index in [1.165, 1.54) is 0 Å². The number of fused-ring (bicyclic) bond motifs is 1. The molecular weight excluding hydrogens is 319 g/mol. The second-order valence-corrected chi connectivity index (χ2v) is 7.39. The van der Waals surface area contributed by atoms with Gasteiger partial charge < -0.3 is 10.6 Å². The topological polar surface area (TPSA) is 59.0 Å². The zero-order valence-corrected chi connectivity index (χ0v) is 15.2. The van der Waals surface area contributed by atoms with Crippen molar-refractivity contribution in [3.63, 3.8) is 0 Å². The molecule has 0 atom stereocenters. The molecule has 1 aromatic heterocycles. The summed E-state index contributed by atoms with van der Waals surface area (Å²) in [5.41, 5.74) is 3.02. The molecule has 0 unspecified atom stereocenters. The van der Waals surface area contributed by atoms with Crippen molar-refractivity contribution in [1.29, 1.82) is 0 Å². The van der Waals surface area contributed by atoms with E-state index in [2.05, 4.69) is 15.7 Å². The molecule has 2 aromatic rings. The number of rotatable bonds is 3. The first kappa shape index (κ1) is 17.6. The molecule has 3 rings (SSSR count). The molecule has 0 radical (unpaired) electrons. The molecule has 5 nitrogen and oxygen atoms in total. The summed E-state index contributed by atoms with van der Waals surface area (Å²) in [6.07, 6.45) is 2.88. The molecule has 1 aliphatic heterocycles. The number of nitrogens with one attached hydrogen (secondary N) is 2. The Labute approximate surface area is 147 Å². The van der Waals surface area contributed by atoms with Gasteiger partial charge in [-0.25, -0.2) is 4.39 Å². The Balaban J connectivity index is 1.90. The van der Waals surface area contributed by atoms with E-state index in [9.17, 15) is 9.18 Å². The molecule has 0 fully saturated rings. The molecule has 2 heterocycles. The standard InChI is InChI=1S/C19H25FN4O/c1-5-16-14(11-22-24(16)19(2,3)4)18(25)23-15-7-6-12-10-21-9-8-13(12)17(15)20/h6-7,11,21H,5,8-10H2,1-4H3,(H,23,25). The third-order valence-electron chi connectivity index (χ3n) is 4.54. The van der Waals surface area contributed by atoms with E-state index in [0.29, 0.717) is 30.5 Å². The van der Waals surface area contributed by atoms with E-state index in [4.69, 9.17) is 0 Å². The predicted molar refractivity (Wildman–Crippen MR) is 96.4 cm³/mol. The Hall–Kier alpha value is -2.21. The van der Waals surface area contributed by atoms with Crippen LogP contribution in [-0.4, -0.2) is 22.2 Å². The Morgan fingerprint density at radius 3 is 2.84 bits per heavy atom. The van der Waals surface area contributed by atoms with Crippen molar-refractivity contribution in [1.82, 2.24) is 15.1 Å². The van der Waals surface area contributed by atoms with Crippen molar-refractivity contribution < 1.29 is 9.18 Å². The second-order valence-electron chi connectivity index (χ2n) is 7.39. The van der Waals surface area contributed by atoms with Gasteiger partial charge in [0.2, 0.25) is 0 Å². The van der Waals surface area contributed by atoms with E-state index < -0.39 is 0 Å². The fourth-order valence-corrected chi connectivity index (χ4v) is 3.30. The summed E-state index contributed by atoms with van der Waals surface area (Å²) in [6, 6.07) is 3.51. The SMILES string of the molecule is CCc1c(C(=O)Nc2ccc3c(c2F)CCNC3)cnn1C(C)(C)C. The van der Waals surface area contributed by atoms with Crippen LogP contribution in [0.2, 0.25) is 0 Å². The highest BCUT2D eigenvalue weighted by Crippen LogP contribution is 2.26. The van der Waals surface area contributed by atoms with E-state index in [1.54, 1.807) is 12.3 Å². The zero-order chi connectivity index (χ0) is 18.2. The van der Waals surface area contributed by atoms with Crippen LogP contribution in [0.25, 0.3) is 0 Å². The molecule has 25 heavy (non-hydrogen) atoms. The molecule has 1 aliphatic rings. The van der Waals surface area contributed by atoms with Crippen molar-refractivity contribution in [3.8, 4) is 0 Å². The number of halogens is 1. The van der Waals surface area contributed by atoms with E-state index in [1.807, 2.05) is 38.4 Å². The minimum Gasteiger partial charge on any atom is -0.319 e. The summed E-state index contributed by atoms with van der Waals surface area (Å²) < 4.78 is 16.6. The normalized spacial score (nSPS) is 14.3. The highest BCUT2D eigenvalue weighted by Gasteiger charge is 2.24. The number of aromatic nitrogens is 2. The predicted octanol–water partition coefficient (Wildman–Crippen LogP) is 3.24. The number of amides is 1. The third kappa shape index (κ3) is 3.31. The van der Waals surface area contributed by atoms with Gasteiger partial charge in [0.25, 0.3) is 5.91 Å². The molecule has 1 amide bonds. The van der Waals surface area contributed by atoms with Crippen LogP contribution >= 0.6 is 0 Å². The van der Waals surface area contributed by atoms with Crippen LogP contribution in [0.4, 0.5) is 10.1 Å². The average Bonchev–Trinajstić information content (AvgIpc) is 3.02. The highest BCUT2D eigenvalue weighted by atomic mass is 19.1. The number of hydrogen-bond acceptors (Lipinski definition) is 3. The minimum atomic E-state index is -0.325. The van der Waals surface area contributed by atoms with Gasteiger partial charge in [0.1, 0.15) is 5.82 Å². The van der Waals surface area contributed by atoms with E-state index >= 15 is 0 Å². The maximum Gasteiger partial charge on any atom is 0.259 e. The van der Waals surface area contributed by atoms with Crippen LogP contribution in [0.3, 0.4) is 0 Å². The number of anilines is 1. The van der Waals surface area contributed by atoms with Gasteiger partial charge in [-0.15, -0.1) is 0 Å². The number of carbonyl (C=O) groups excluding carboxylic acids is 1. The molecule has 134 valence electrons. The molecule has 0 saturated heterocycles. The molecule has 0 aliphatic carbocycles. The summed E-state index contributed by atoms with van der Waals surface area (Å²) in [5.74, 6) is -0.645. The second kappa shape index (κ2) is 6.59. The molecule has 2 N–H and O–H groups in total. The molecular formula is C19H25FN4O. The molecule has 0 saturated carbocycles. The monoisotopic (exact) mass is 344 g/mol. The first-order valence-electron chi connectivity index (χ1n) is 8.72. The lowest BCUT2D eigenvalue weighted by Crippen LogP contribution is -2.26. The quantitative estimate of drug-likeness (QED) is 0.899. The number of hydrogen-bond donors (Lipinski definition) is 2. The van der Waals surface area contributed by atoms with Gasteiger partial charge in [0.15, 0.2) is 0 Å². The van der Waals surface area contributed by atoms with Crippen molar-refractivity contribution in [2.75, 3.05) is 11.9 Å². The lowest BCUT2D eigenvalue weighted by Gasteiger charge is -2.22. The number of carbonyl (C=O) groups is 1. The van der Waals surface area contributed by atoms with Gasteiger partial charge in [-0.2, -0.15) is 5.10 Å². The third-order valence-corrected chi connectivity index (χ3v) is 4.54. The Morgan fingerprint density at radius 2 is 2.16 bits per heavy atom. The van der Waals surface area contributed by atoms with Crippen molar-refractivity contribution in [3.05, 3.63) is 46.5 Å². The zero-order valence-electron chi connectivity index (χ0n) is 15.2. The van der Waals surface area contributed by atoms with Gasteiger partial charge in [-0.05, 0) is 57.4 Å². The van der Waals surface area contributed by atoms with Crippen molar-refractivity contribution in [2.45, 2.75) is 52.6 Å². The summed E-state index contributed by atoms with van der Waals surface area (Å²) in [7, 11) is 0. The summed E-state index contributed by atoms with van der Waals surface area (Å²) in [4.78, 5) is 12.7. The summed E-state index contributed by atoms with van der Waals surface area (Å²) in [6.45, 7) is 9.52. The van der Waals surface area contributed by atoms with Crippen LogP contribution in [0.15, 0.2) is 18.3 Å². The van der Waals surface area contributed by atoms with Gasteiger partial charge in [-0.1, -0.05) is 13.0 Å². The Bertz CT molecular complexity index is 804. The first-order valence-corrected chi connectivity index (χ1v) is 8.72. The number of benzene rings is 1. The van der Waals surface area contributed by atoms with Crippen LogP contribution in [0.5, 0.6) is 0 Å². The molecule has 1 aromatic carbocycles. The van der Waals surface area contributed by atoms with E-state index in [0.717, 1.165) is 17.8 Å². The summed E-state index contributed by atoms with van der Waals surface area (Å²) >= 11 is 0. The van der Waals surface area contributed by atoms with Crippen LogP contribution in [0.1, 0.15) is 54.9 Å². The first-order chi connectivity index (χ1) is 11.8. The van der Waals surface area contributed by atoms with Gasteiger partial charge in [0.05, 0.1) is 28.7 Å². The Kier molecular flexibility index (Phi) is 4.64. The molecule has 0 spiro atoms. The van der Waals surface area contributed by atoms with Gasteiger partial charge in [0, 0.05) is 6.54 Å². The summed E-state index contributed by atoms with van der Waals surface area (Å²) in [5, 5.41) is 10.3. The van der Waals surface area contributed by atoms with Gasteiger partial charge >= 0.3 is 0 Å². The van der Waals surface area contributed by atoms with Crippen LogP contribution in [0, 0.1) is 5.82 Å². The Morgan fingerprint density at radius 1 is 1.40 bits per heavy atom. The van der Waals surface area contributed by atoms with Crippen molar-refractivity contribution >= 4 is 11.6 Å². The number of nitrogens with zero attached hydrogens (tertiary/aromatic N) is 2. The largest absolute Gasteiger partial charge is 0.319 e. The van der Waals surface area contributed by atoms with E-state index in [-0.39, 0.29) is 23.0 Å². The lowest BCUT2D eigenvalue weighted by molar-refractivity contribution is 0.102. The smallest absolute Gasteiger partial charge is 0.259 e. The maximum absolute atomic E-state index is 14.7. The maximum atomic E-state index is 14.7. The van der Waals surface area contributed by atoms with Crippen LogP contribution in [-0.2, 0) is 24.9 Å². The van der Waals surface area contributed by atoms with Crippen molar-refractivity contribution in [2.24, 2.45) is 0 Å². The lowest BCUT2D eigenvalue weighted by atomic mass is 9.99.